The maximum Gasteiger partial charge on any atom is 0.209 e. The smallest absolute Gasteiger partial charge is 0.209 e. The second kappa shape index (κ2) is 5.31. The van der Waals surface area contributed by atoms with Crippen LogP contribution in [0.2, 0.25) is 0 Å². The third-order valence-corrected chi connectivity index (χ3v) is 3.98. The summed E-state index contributed by atoms with van der Waals surface area (Å²) in [4.78, 5) is 6.64. The van der Waals surface area contributed by atoms with Crippen LogP contribution < -0.4 is 0 Å². The highest BCUT2D eigenvalue weighted by Crippen LogP contribution is 2.24. The van der Waals surface area contributed by atoms with Crippen molar-refractivity contribution in [2.24, 2.45) is 0 Å². The predicted molar refractivity (Wildman–Crippen MR) is 73.7 cm³/mol. The maximum absolute atomic E-state index is 10.1. The van der Waals surface area contributed by atoms with E-state index >= 15 is 0 Å². The molecule has 3 rings (SSSR count). The lowest BCUT2D eigenvalue weighted by molar-refractivity contribution is 0.0258. The number of likely N-dealkylation sites (N-methyl/N-ethyl adjacent to an activating group) is 1. The summed E-state index contributed by atoms with van der Waals surface area (Å²) < 4.78 is 5.73. The van der Waals surface area contributed by atoms with Gasteiger partial charge in [0.25, 0.3) is 0 Å². The zero-order valence-corrected chi connectivity index (χ0v) is 11.2. The molecule has 0 saturated heterocycles. The van der Waals surface area contributed by atoms with Crippen LogP contribution in [0.15, 0.2) is 28.7 Å². The molecule has 4 heteroatoms. The van der Waals surface area contributed by atoms with Crippen molar-refractivity contribution in [1.29, 1.82) is 0 Å². The first-order valence-electron chi connectivity index (χ1n) is 6.97. The molecule has 2 unspecified atom stereocenters. The molecule has 4 nitrogen and oxygen atoms in total. The summed E-state index contributed by atoms with van der Waals surface area (Å²) in [5.74, 6) is 0.724. The van der Waals surface area contributed by atoms with Crippen LogP contribution in [0.5, 0.6) is 0 Å². The first-order chi connectivity index (χ1) is 9.24. The Balaban J connectivity index is 1.73. The highest BCUT2D eigenvalue weighted by Gasteiger charge is 2.27. The molecule has 1 saturated carbocycles. The van der Waals surface area contributed by atoms with E-state index < -0.39 is 0 Å². The second-order valence-electron chi connectivity index (χ2n) is 5.41. The van der Waals surface area contributed by atoms with E-state index in [1.54, 1.807) is 0 Å². The number of benzene rings is 1. The van der Waals surface area contributed by atoms with E-state index in [-0.39, 0.29) is 12.1 Å². The van der Waals surface area contributed by atoms with Gasteiger partial charge in [0.1, 0.15) is 5.52 Å². The lowest BCUT2D eigenvalue weighted by Crippen LogP contribution is -2.42. The SMILES string of the molecule is CN(Cc1nc2ccccc2o1)C1CCCCC1O. The van der Waals surface area contributed by atoms with Crippen molar-refractivity contribution < 1.29 is 9.52 Å². The fraction of sp³-hybridized carbons (Fsp3) is 0.533. The summed E-state index contributed by atoms with van der Waals surface area (Å²) in [6.07, 6.45) is 4.07. The van der Waals surface area contributed by atoms with Crippen LogP contribution in [0.1, 0.15) is 31.6 Å². The zero-order chi connectivity index (χ0) is 13.2. The summed E-state index contributed by atoms with van der Waals surface area (Å²) in [5, 5.41) is 10.1. The number of aromatic nitrogens is 1. The average Bonchev–Trinajstić information content (AvgIpc) is 2.81. The van der Waals surface area contributed by atoms with Gasteiger partial charge in [-0.1, -0.05) is 25.0 Å². The lowest BCUT2D eigenvalue weighted by atomic mass is 9.91. The Morgan fingerprint density at radius 3 is 2.89 bits per heavy atom. The molecule has 1 aromatic heterocycles. The monoisotopic (exact) mass is 260 g/mol. The van der Waals surface area contributed by atoms with Gasteiger partial charge >= 0.3 is 0 Å². The van der Waals surface area contributed by atoms with E-state index in [4.69, 9.17) is 4.42 Å². The number of aliphatic hydroxyl groups is 1. The van der Waals surface area contributed by atoms with Crippen LogP contribution in [-0.2, 0) is 6.54 Å². The van der Waals surface area contributed by atoms with Crippen molar-refractivity contribution in [1.82, 2.24) is 9.88 Å². The van der Waals surface area contributed by atoms with Gasteiger partial charge in [0.2, 0.25) is 5.89 Å². The molecule has 19 heavy (non-hydrogen) atoms. The fourth-order valence-corrected chi connectivity index (χ4v) is 2.92. The number of oxazole rings is 1. The van der Waals surface area contributed by atoms with E-state index in [0.717, 1.165) is 36.3 Å². The molecule has 2 aromatic rings. The minimum atomic E-state index is -0.219. The van der Waals surface area contributed by atoms with Crippen LogP contribution in [0.4, 0.5) is 0 Å². The molecule has 1 heterocycles. The summed E-state index contributed by atoms with van der Waals surface area (Å²) >= 11 is 0. The van der Waals surface area contributed by atoms with Crippen molar-refractivity contribution in [2.75, 3.05) is 7.05 Å². The van der Waals surface area contributed by atoms with Crippen LogP contribution in [-0.4, -0.2) is 34.2 Å². The molecule has 102 valence electrons. The van der Waals surface area contributed by atoms with E-state index in [0.29, 0.717) is 6.54 Å². The third-order valence-electron chi connectivity index (χ3n) is 3.98. The average molecular weight is 260 g/mol. The molecule has 0 bridgehead atoms. The first kappa shape index (κ1) is 12.6. The molecule has 1 fully saturated rings. The Morgan fingerprint density at radius 1 is 1.32 bits per heavy atom. The molecule has 0 aliphatic heterocycles. The van der Waals surface area contributed by atoms with Gasteiger partial charge in [-0.3, -0.25) is 4.90 Å². The van der Waals surface area contributed by atoms with Crippen molar-refractivity contribution in [2.45, 2.75) is 44.4 Å². The number of para-hydroxylation sites is 2. The van der Waals surface area contributed by atoms with Gasteiger partial charge in [-0.2, -0.15) is 0 Å². The minimum Gasteiger partial charge on any atom is -0.439 e. The fourth-order valence-electron chi connectivity index (χ4n) is 2.92. The number of rotatable bonds is 3. The largest absolute Gasteiger partial charge is 0.439 e. The predicted octanol–water partition coefficient (Wildman–Crippen LogP) is 2.56. The quantitative estimate of drug-likeness (QED) is 0.921. The number of aliphatic hydroxyl groups excluding tert-OH is 1. The normalized spacial score (nSPS) is 24.2. The lowest BCUT2D eigenvalue weighted by Gasteiger charge is -2.34. The number of hydrogen-bond acceptors (Lipinski definition) is 4. The van der Waals surface area contributed by atoms with Gasteiger partial charge in [-0.05, 0) is 32.0 Å². The Labute approximate surface area is 113 Å². The Hall–Kier alpha value is -1.39. The highest BCUT2D eigenvalue weighted by atomic mass is 16.3. The molecule has 0 amide bonds. The molecule has 0 radical (unpaired) electrons. The summed E-state index contributed by atoms with van der Waals surface area (Å²) in [6, 6.07) is 8.03. The number of nitrogens with zero attached hydrogens (tertiary/aromatic N) is 2. The highest BCUT2D eigenvalue weighted by molar-refractivity contribution is 5.72. The van der Waals surface area contributed by atoms with Gasteiger partial charge in [0, 0.05) is 6.04 Å². The van der Waals surface area contributed by atoms with Gasteiger partial charge in [-0.25, -0.2) is 4.98 Å². The summed E-state index contributed by atoms with van der Waals surface area (Å²) in [6.45, 7) is 0.649. The van der Waals surface area contributed by atoms with Gasteiger partial charge in [-0.15, -0.1) is 0 Å². The van der Waals surface area contributed by atoms with Crippen molar-refractivity contribution in [3.8, 4) is 0 Å². The van der Waals surface area contributed by atoms with Crippen molar-refractivity contribution in [3.05, 3.63) is 30.2 Å². The molecule has 0 spiro atoms. The van der Waals surface area contributed by atoms with Crippen LogP contribution in [0.3, 0.4) is 0 Å². The second-order valence-corrected chi connectivity index (χ2v) is 5.41. The van der Waals surface area contributed by atoms with E-state index in [1.807, 2.05) is 31.3 Å². The van der Waals surface area contributed by atoms with E-state index in [1.165, 1.54) is 6.42 Å². The van der Waals surface area contributed by atoms with E-state index in [9.17, 15) is 5.11 Å². The van der Waals surface area contributed by atoms with Crippen LogP contribution in [0.25, 0.3) is 11.1 Å². The molecule has 2 atom stereocenters. The van der Waals surface area contributed by atoms with Gasteiger partial charge < -0.3 is 9.52 Å². The third kappa shape index (κ3) is 2.65. The summed E-state index contributed by atoms with van der Waals surface area (Å²) in [5.41, 5.74) is 1.73. The number of fused-ring (bicyclic) bond motifs is 1. The summed E-state index contributed by atoms with van der Waals surface area (Å²) in [7, 11) is 2.04. The van der Waals surface area contributed by atoms with Crippen LogP contribution in [0, 0.1) is 0 Å². The topological polar surface area (TPSA) is 49.5 Å². The molecule has 1 aromatic carbocycles. The molecule has 1 aliphatic rings. The Bertz CT molecular complexity index is 519. The molecular formula is C15H20N2O2. The standard InChI is InChI=1S/C15H20N2O2/c1-17(12-7-3-4-8-13(12)18)10-15-16-11-6-2-5-9-14(11)19-15/h2,5-6,9,12-13,18H,3-4,7-8,10H2,1H3. The van der Waals surface area contributed by atoms with Crippen LogP contribution >= 0.6 is 0 Å². The van der Waals surface area contributed by atoms with Gasteiger partial charge in [0.05, 0.1) is 12.6 Å². The van der Waals surface area contributed by atoms with Crippen molar-refractivity contribution in [3.63, 3.8) is 0 Å². The molecule has 1 N–H and O–H groups in total. The van der Waals surface area contributed by atoms with E-state index in [2.05, 4.69) is 9.88 Å². The molecule has 1 aliphatic carbocycles. The Morgan fingerprint density at radius 2 is 2.11 bits per heavy atom. The zero-order valence-electron chi connectivity index (χ0n) is 11.2. The maximum atomic E-state index is 10.1. The minimum absolute atomic E-state index is 0.219. The Kier molecular flexibility index (Phi) is 3.53. The van der Waals surface area contributed by atoms with Gasteiger partial charge in [0.15, 0.2) is 5.58 Å². The molecular weight excluding hydrogens is 240 g/mol. The van der Waals surface area contributed by atoms with Crippen molar-refractivity contribution >= 4 is 11.1 Å². The first-order valence-corrected chi connectivity index (χ1v) is 6.97. The number of hydrogen-bond donors (Lipinski definition) is 1.